The molecule has 1 amide bonds. The summed E-state index contributed by atoms with van der Waals surface area (Å²) in [4.78, 5) is 14.4. The normalized spacial score (nSPS) is 23.0. The molecule has 1 N–H and O–H groups in total. The first-order valence-electron chi connectivity index (χ1n) is 7.87. The number of aryl methyl sites for hydroxylation is 2. The molecule has 1 aliphatic heterocycles. The van der Waals surface area contributed by atoms with Crippen LogP contribution in [0.1, 0.15) is 36.1 Å². The molecular formula is C17H24N2O2. The lowest BCUT2D eigenvalue weighted by Gasteiger charge is -2.30. The monoisotopic (exact) mass is 288 g/mol. The van der Waals surface area contributed by atoms with Crippen LogP contribution in [0.15, 0.2) is 18.2 Å². The fraction of sp³-hybridized carbons (Fsp3) is 0.588. The Labute approximate surface area is 126 Å². The average Bonchev–Trinajstić information content (AvgIpc) is 2.89. The SMILES string of the molecule is Cc1ccc2c(c1)C(NC(C)C(=O)N1CCOCC1)CC2. The summed E-state index contributed by atoms with van der Waals surface area (Å²) in [7, 11) is 0. The van der Waals surface area contributed by atoms with Crippen molar-refractivity contribution in [2.24, 2.45) is 0 Å². The first-order valence-corrected chi connectivity index (χ1v) is 7.87. The van der Waals surface area contributed by atoms with Gasteiger partial charge in [0, 0.05) is 19.1 Å². The summed E-state index contributed by atoms with van der Waals surface area (Å²) in [5.74, 6) is 0.194. The van der Waals surface area contributed by atoms with Crippen molar-refractivity contribution in [3.63, 3.8) is 0 Å². The van der Waals surface area contributed by atoms with E-state index >= 15 is 0 Å². The molecule has 1 aromatic rings. The third-order valence-electron chi connectivity index (χ3n) is 4.52. The summed E-state index contributed by atoms with van der Waals surface area (Å²) >= 11 is 0. The lowest BCUT2D eigenvalue weighted by atomic mass is 10.0. The first-order chi connectivity index (χ1) is 10.1. The highest BCUT2D eigenvalue weighted by Crippen LogP contribution is 2.32. The van der Waals surface area contributed by atoms with Crippen molar-refractivity contribution < 1.29 is 9.53 Å². The molecule has 0 spiro atoms. The Morgan fingerprint density at radius 3 is 2.90 bits per heavy atom. The van der Waals surface area contributed by atoms with Crippen LogP contribution in [0, 0.1) is 6.92 Å². The van der Waals surface area contributed by atoms with Crippen molar-refractivity contribution in [3.8, 4) is 0 Å². The van der Waals surface area contributed by atoms with Gasteiger partial charge in [0.15, 0.2) is 0 Å². The molecule has 0 bridgehead atoms. The van der Waals surface area contributed by atoms with Gasteiger partial charge in [0.2, 0.25) is 5.91 Å². The number of rotatable bonds is 3. The minimum atomic E-state index is -0.139. The Balaban J connectivity index is 1.65. The smallest absolute Gasteiger partial charge is 0.239 e. The van der Waals surface area contributed by atoms with Gasteiger partial charge in [-0.3, -0.25) is 10.1 Å². The first kappa shape index (κ1) is 14.5. The maximum Gasteiger partial charge on any atom is 0.239 e. The highest BCUT2D eigenvalue weighted by molar-refractivity contribution is 5.81. The van der Waals surface area contributed by atoms with Crippen molar-refractivity contribution in [1.82, 2.24) is 10.2 Å². The molecule has 0 saturated carbocycles. The molecule has 2 aliphatic rings. The van der Waals surface area contributed by atoms with E-state index in [2.05, 4.69) is 30.4 Å². The van der Waals surface area contributed by atoms with Crippen LogP contribution in [0.25, 0.3) is 0 Å². The van der Waals surface area contributed by atoms with Gasteiger partial charge in [-0.2, -0.15) is 0 Å². The number of hydrogen-bond donors (Lipinski definition) is 1. The Bertz CT molecular complexity index is 524. The highest BCUT2D eigenvalue weighted by Gasteiger charge is 2.28. The van der Waals surface area contributed by atoms with Crippen molar-refractivity contribution in [2.45, 2.75) is 38.8 Å². The summed E-state index contributed by atoms with van der Waals surface area (Å²) in [6, 6.07) is 6.82. The van der Waals surface area contributed by atoms with Gasteiger partial charge in [0.1, 0.15) is 0 Å². The van der Waals surface area contributed by atoms with Crippen LogP contribution in [-0.2, 0) is 16.0 Å². The Hall–Kier alpha value is -1.39. The summed E-state index contributed by atoms with van der Waals surface area (Å²) in [6.45, 7) is 6.84. The summed E-state index contributed by atoms with van der Waals surface area (Å²) in [5, 5.41) is 3.53. The topological polar surface area (TPSA) is 41.6 Å². The van der Waals surface area contributed by atoms with Gasteiger partial charge in [0.25, 0.3) is 0 Å². The van der Waals surface area contributed by atoms with Crippen LogP contribution in [0.5, 0.6) is 0 Å². The zero-order valence-electron chi connectivity index (χ0n) is 12.9. The van der Waals surface area contributed by atoms with E-state index in [9.17, 15) is 4.79 Å². The van der Waals surface area contributed by atoms with Gasteiger partial charge in [-0.1, -0.05) is 23.8 Å². The lowest BCUT2D eigenvalue weighted by Crippen LogP contribution is -2.49. The van der Waals surface area contributed by atoms with Crippen LogP contribution in [-0.4, -0.2) is 43.2 Å². The van der Waals surface area contributed by atoms with Gasteiger partial charge in [-0.05, 0) is 37.8 Å². The molecule has 1 heterocycles. The second-order valence-corrected chi connectivity index (χ2v) is 6.12. The number of ether oxygens (including phenoxy) is 1. The van der Waals surface area contributed by atoms with Crippen molar-refractivity contribution in [1.29, 1.82) is 0 Å². The van der Waals surface area contributed by atoms with E-state index in [1.54, 1.807) is 0 Å². The van der Waals surface area contributed by atoms with Gasteiger partial charge < -0.3 is 9.64 Å². The molecule has 1 saturated heterocycles. The minimum absolute atomic E-state index is 0.139. The number of amides is 1. The minimum Gasteiger partial charge on any atom is -0.378 e. The van der Waals surface area contributed by atoms with Gasteiger partial charge in [-0.25, -0.2) is 0 Å². The molecule has 21 heavy (non-hydrogen) atoms. The van der Waals surface area contributed by atoms with E-state index < -0.39 is 0 Å². The Morgan fingerprint density at radius 1 is 1.38 bits per heavy atom. The quantitative estimate of drug-likeness (QED) is 0.922. The summed E-state index contributed by atoms with van der Waals surface area (Å²) in [5.41, 5.74) is 4.08. The number of nitrogens with zero attached hydrogens (tertiary/aromatic N) is 1. The predicted molar refractivity (Wildman–Crippen MR) is 82.2 cm³/mol. The number of morpholine rings is 1. The molecule has 2 atom stereocenters. The molecule has 114 valence electrons. The number of fused-ring (bicyclic) bond motifs is 1. The van der Waals surface area contributed by atoms with Gasteiger partial charge >= 0.3 is 0 Å². The van der Waals surface area contributed by atoms with Crippen LogP contribution in [0.4, 0.5) is 0 Å². The van der Waals surface area contributed by atoms with E-state index in [0.29, 0.717) is 32.3 Å². The Morgan fingerprint density at radius 2 is 2.14 bits per heavy atom. The van der Waals surface area contributed by atoms with E-state index in [1.165, 1.54) is 16.7 Å². The summed E-state index contributed by atoms with van der Waals surface area (Å²) < 4.78 is 5.31. The summed E-state index contributed by atoms with van der Waals surface area (Å²) in [6.07, 6.45) is 2.19. The second-order valence-electron chi connectivity index (χ2n) is 6.12. The number of carbonyl (C=O) groups excluding carboxylic acids is 1. The molecule has 0 aromatic heterocycles. The maximum absolute atomic E-state index is 12.5. The number of hydrogen-bond acceptors (Lipinski definition) is 3. The van der Waals surface area contributed by atoms with Crippen LogP contribution < -0.4 is 5.32 Å². The van der Waals surface area contributed by atoms with Crippen molar-refractivity contribution in [3.05, 3.63) is 34.9 Å². The van der Waals surface area contributed by atoms with Crippen molar-refractivity contribution >= 4 is 5.91 Å². The molecule has 4 heteroatoms. The molecule has 1 aliphatic carbocycles. The van der Waals surface area contributed by atoms with Crippen LogP contribution in [0.2, 0.25) is 0 Å². The van der Waals surface area contributed by atoms with Crippen LogP contribution >= 0.6 is 0 Å². The third-order valence-corrected chi connectivity index (χ3v) is 4.52. The van der Waals surface area contributed by atoms with Gasteiger partial charge in [0.05, 0.1) is 19.3 Å². The van der Waals surface area contributed by atoms with Crippen LogP contribution in [0.3, 0.4) is 0 Å². The number of nitrogens with one attached hydrogen (secondary N) is 1. The largest absolute Gasteiger partial charge is 0.378 e. The second kappa shape index (κ2) is 6.16. The predicted octanol–water partition coefficient (Wildman–Crippen LogP) is 1.82. The number of benzene rings is 1. The number of carbonyl (C=O) groups is 1. The highest BCUT2D eigenvalue weighted by atomic mass is 16.5. The molecule has 2 unspecified atom stereocenters. The molecule has 1 aromatic carbocycles. The molecule has 3 rings (SSSR count). The average molecular weight is 288 g/mol. The zero-order valence-corrected chi connectivity index (χ0v) is 12.9. The lowest BCUT2D eigenvalue weighted by molar-refractivity contribution is -0.137. The zero-order chi connectivity index (χ0) is 14.8. The van der Waals surface area contributed by atoms with E-state index in [4.69, 9.17) is 4.74 Å². The maximum atomic E-state index is 12.5. The van der Waals surface area contributed by atoms with E-state index in [0.717, 1.165) is 12.8 Å². The van der Waals surface area contributed by atoms with E-state index in [-0.39, 0.29) is 11.9 Å². The molecular weight excluding hydrogens is 264 g/mol. The third kappa shape index (κ3) is 3.11. The standard InChI is InChI=1S/C17H24N2O2/c1-12-3-4-14-5-6-16(15(14)11-12)18-13(2)17(20)19-7-9-21-10-8-19/h3-4,11,13,16,18H,5-10H2,1-2H3. The molecule has 1 fully saturated rings. The van der Waals surface area contributed by atoms with E-state index in [1.807, 2.05) is 11.8 Å². The fourth-order valence-corrected chi connectivity index (χ4v) is 3.33. The fourth-order valence-electron chi connectivity index (χ4n) is 3.33. The van der Waals surface area contributed by atoms with Crippen molar-refractivity contribution in [2.75, 3.05) is 26.3 Å². The van der Waals surface area contributed by atoms with Gasteiger partial charge in [-0.15, -0.1) is 0 Å². The Kier molecular flexibility index (Phi) is 4.27. The molecule has 0 radical (unpaired) electrons. The molecule has 4 nitrogen and oxygen atoms in total.